The number of benzene rings is 1. The third kappa shape index (κ3) is 4.81. The van der Waals surface area contributed by atoms with Crippen molar-refractivity contribution in [3.63, 3.8) is 0 Å². The van der Waals surface area contributed by atoms with Crippen molar-refractivity contribution < 1.29 is 19.5 Å². The van der Waals surface area contributed by atoms with Gasteiger partial charge in [-0.05, 0) is 63.3 Å². The first kappa shape index (κ1) is 26.3. The summed E-state index contributed by atoms with van der Waals surface area (Å²) >= 11 is 7.70. The summed E-state index contributed by atoms with van der Waals surface area (Å²) in [7, 11) is 0. The first-order chi connectivity index (χ1) is 16.8. The molecule has 35 heavy (non-hydrogen) atoms. The minimum atomic E-state index is -0.635. The van der Waals surface area contributed by atoms with Gasteiger partial charge in [0.05, 0.1) is 16.6 Å². The lowest BCUT2D eigenvalue weighted by Gasteiger charge is -2.34. The van der Waals surface area contributed by atoms with Crippen molar-refractivity contribution in [3.8, 4) is 0 Å². The van der Waals surface area contributed by atoms with E-state index in [1.165, 1.54) is 0 Å². The third-order valence-corrected chi connectivity index (χ3v) is 10.0. The summed E-state index contributed by atoms with van der Waals surface area (Å²) in [5.74, 6) is -1.28. The highest BCUT2D eigenvalue weighted by Crippen LogP contribution is 2.71. The van der Waals surface area contributed by atoms with Gasteiger partial charge in [-0.1, -0.05) is 31.4 Å². The van der Waals surface area contributed by atoms with Crippen LogP contribution >= 0.6 is 23.4 Å². The van der Waals surface area contributed by atoms with Crippen LogP contribution in [0.2, 0.25) is 5.02 Å². The van der Waals surface area contributed by atoms with Crippen molar-refractivity contribution >= 4 is 46.8 Å². The molecule has 3 aliphatic heterocycles. The van der Waals surface area contributed by atoms with E-state index >= 15 is 0 Å². The summed E-state index contributed by atoms with van der Waals surface area (Å²) in [4.78, 5) is 42.7. The second-order valence-corrected chi connectivity index (χ2v) is 12.5. The Bertz CT molecular complexity index is 960. The third-order valence-electron chi connectivity index (χ3n) is 7.78. The summed E-state index contributed by atoms with van der Waals surface area (Å²) in [6.45, 7) is 5.31. The number of halogens is 1. The molecule has 1 aromatic rings. The molecule has 3 heterocycles. The van der Waals surface area contributed by atoms with E-state index in [9.17, 15) is 14.4 Å². The van der Waals surface area contributed by atoms with Crippen molar-refractivity contribution in [2.45, 2.75) is 74.3 Å². The monoisotopic (exact) mass is 521 g/mol. The number of nitrogens with zero attached hydrogens (tertiary/aromatic N) is 1. The summed E-state index contributed by atoms with van der Waals surface area (Å²) < 4.78 is -0.966. The van der Waals surface area contributed by atoms with Crippen LogP contribution < -0.4 is 10.6 Å². The van der Waals surface area contributed by atoms with Crippen LogP contribution in [0.15, 0.2) is 24.3 Å². The highest BCUT2D eigenvalue weighted by molar-refractivity contribution is 8.02. The lowest BCUT2D eigenvalue weighted by Crippen LogP contribution is -2.52. The lowest BCUT2D eigenvalue weighted by molar-refractivity contribution is -0.140. The van der Waals surface area contributed by atoms with Gasteiger partial charge in [0, 0.05) is 35.2 Å². The van der Waals surface area contributed by atoms with E-state index in [0.717, 1.165) is 44.9 Å². The maximum Gasteiger partial charge on any atom is 0.248 e. The van der Waals surface area contributed by atoms with Gasteiger partial charge in [0.2, 0.25) is 17.7 Å². The fraction of sp³-hybridized carbons (Fsp3) is 0.654. The lowest BCUT2D eigenvalue weighted by atomic mass is 9.66. The van der Waals surface area contributed by atoms with Gasteiger partial charge in [0.15, 0.2) is 0 Å². The Kier molecular flexibility index (Phi) is 8.03. The van der Waals surface area contributed by atoms with E-state index in [0.29, 0.717) is 23.8 Å². The van der Waals surface area contributed by atoms with Crippen LogP contribution in [0.25, 0.3) is 0 Å². The molecule has 0 aliphatic carbocycles. The quantitative estimate of drug-likeness (QED) is 0.384. The van der Waals surface area contributed by atoms with Gasteiger partial charge in [0.1, 0.15) is 6.04 Å². The first-order valence-electron chi connectivity index (χ1n) is 12.7. The van der Waals surface area contributed by atoms with Gasteiger partial charge >= 0.3 is 0 Å². The number of carbonyl (C=O) groups excluding carboxylic acids is 3. The molecule has 3 amide bonds. The molecule has 2 bridgehead atoms. The number of fused-ring (bicyclic) bond motifs is 1. The van der Waals surface area contributed by atoms with E-state index in [-0.39, 0.29) is 29.1 Å². The van der Waals surface area contributed by atoms with Gasteiger partial charge < -0.3 is 20.6 Å². The van der Waals surface area contributed by atoms with Crippen molar-refractivity contribution in [2.75, 3.05) is 25.0 Å². The Hall–Kier alpha value is -1.77. The van der Waals surface area contributed by atoms with Crippen LogP contribution in [-0.2, 0) is 14.4 Å². The molecule has 7 nitrogen and oxygen atoms in total. The Balaban J connectivity index is 1.63. The number of aliphatic hydroxyl groups excluding tert-OH is 1. The summed E-state index contributed by atoms with van der Waals surface area (Å²) in [5.41, 5.74) is 0.635. The zero-order valence-corrected chi connectivity index (χ0v) is 22.1. The summed E-state index contributed by atoms with van der Waals surface area (Å²) in [6.07, 6.45) is 5.62. The zero-order chi connectivity index (χ0) is 25.2. The molecule has 192 valence electrons. The number of carbonyl (C=O) groups is 3. The van der Waals surface area contributed by atoms with Gasteiger partial charge in [-0.2, -0.15) is 0 Å². The molecule has 0 radical (unpaired) electrons. The summed E-state index contributed by atoms with van der Waals surface area (Å²) in [5, 5.41) is 15.7. The minimum Gasteiger partial charge on any atom is -0.396 e. The molecule has 1 spiro atoms. The molecule has 3 aliphatic rings. The second kappa shape index (κ2) is 10.7. The predicted molar refractivity (Wildman–Crippen MR) is 139 cm³/mol. The van der Waals surface area contributed by atoms with E-state index in [2.05, 4.69) is 17.6 Å². The molecule has 4 rings (SSSR count). The van der Waals surface area contributed by atoms with Crippen LogP contribution in [-0.4, -0.2) is 63.0 Å². The molecule has 3 saturated heterocycles. The van der Waals surface area contributed by atoms with Crippen LogP contribution in [0.1, 0.15) is 58.8 Å². The second-order valence-electron chi connectivity index (χ2n) is 10.2. The van der Waals surface area contributed by atoms with Gasteiger partial charge in [-0.25, -0.2) is 0 Å². The van der Waals surface area contributed by atoms with Crippen molar-refractivity contribution in [1.82, 2.24) is 10.2 Å². The number of nitrogens with one attached hydrogen (secondary N) is 2. The molecule has 5 atom stereocenters. The maximum absolute atomic E-state index is 13.9. The van der Waals surface area contributed by atoms with Crippen LogP contribution in [0, 0.1) is 11.8 Å². The van der Waals surface area contributed by atoms with Crippen molar-refractivity contribution in [2.24, 2.45) is 11.8 Å². The molecule has 9 heteroatoms. The SMILES string of the molecule is CCCNC(=O)[C@@H]1[C@H]2C(=O)N(CCCCCCO)C(C(=O)Nc3ccc(Cl)cc3)C23CC[C@@]1(C)S3. The normalized spacial score (nSPS) is 31.0. The number of unbranched alkanes of at least 4 members (excludes halogenated alkanes) is 3. The Morgan fingerprint density at radius 1 is 1.14 bits per heavy atom. The van der Waals surface area contributed by atoms with Gasteiger partial charge in [0.25, 0.3) is 0 Å². The Morgan fingerprint density at radius 2 is 1.86 bits per heavy atom. The number of hydrogen-bond acceptors (Lipinski definition) is 5. The molecule has 0 saturated carbocycles. The van der Waals surface area contributed by atoms with Crippen LogP contribution in [0.4, 0.5) is 5.69 Å². The smallest absolute Gasteiger partial charge is 0.248 e. The van der Waals surface area contributed by atoms with E-state index in [1.807, 2.05) is 6.92 Å². The van der Waals surface area contributed by atoms with E-state index in [4.69, 9.17) is 16.7 Å². The zero-order valence-electron chi connectivity index (χ0n) is 20.5. The molecule has 1 aromatic carbocycles. The molecule has 3 fully saturated rings. The van der Waals surface area contributed by atoms with Crippen molar-refractivity contribution in [3.05, 3.63) is 29.3 Å². The van der Waals surface area contributed by atoms with Gasteiger partial charge in [-0.3, -0.25) is 14.4 Å². The molecule has 3 N–H and O–H groups in total. The van der Waals surface area contributed by atoms with Crippen molar-refractivity contribution in [1.29, 1.82) is 0 Å². The molecule has 2 unspecified atom stereocenters. The average Bonchev–Trinajstić information content (AvgIpc) is 3.39. The number of thioether (sulfide) groups is 1. The summed E-state index contributed by atoms with van der Waals surface area (Å²) in [6, 6.07) is 6.33. The fourth-order valence-corrected chi connectivity index (χ4v) is 8.70. The maximum atomic E-state index is 13.9. The Labute approximate surface area is 216 Å². The average molecular weight is 522 g/mol. The minimum absolute atomic E-state index is 0.0663. The largest absolute Gasteiger partial charge is 0.396 e. The van der Waals surface area contributed by atoms with Gasteiger partial charge in [-0.15, -0.1) is 11.8 Å². The number of aliphatic hydroxyl groups is 1. The standard InChI is InChI=1S/C26H36ClN3O4S/c1-3-14-28-22(32)19-20-24(34)30(15-6-4-5-7-16-31)21(26(20)13-12-25(19,2)35-26)23(33)29-18-10-8-17(27)9-11-18/h8-11,19-21,31H,3-7,12-16H2,1-2H3,(H,28,32)(H,29,33)/t19-,20-,21?,25+,26?/m0/s1. The highest BCUT2D eigenvalue weighted by Gasteiger charge is 2.76. The molecular weight excluding hydrogens is 486 g/mol. The van der Waals surface area contributed by atoms with Crippen LogP contribution in [0.3, 0.4) is 0 Å². The first-order valence-corrected chi connectivity index (χ1v) is 13.9. The number of hydrogen-bond donors (Lipinski definition) is 3. The van der Waals surface area contributed by atoms with E-state index in [1.54, 1.807) is 40.9 Å². The van der Waals surface area contributed by atoms with E-state index < -0.39 is 22.6 Å². The fourth-order valence-electron chi connectivity index (χ4n) is 6.22. The highest BCUT2D eigenvalue weighted by atomic mass is 35.5. The number of anilines is 1. The predicted octanol–water partition coefficient (Wildman–Crippen LogP) is 3.84. The number of likely N-dealkylation sites (tertiary alicyclic amines) is 1. The number of rotatable bonds is 11. The molecule has 0 aromatic heterocycles. The topological polar surface area (TPSA) is 98.7 Å². The van der Waals surface area contributed by atoms with Crippen LogP contribution in [0.5, 0.6) is 0 Å². The Morgan fingerprint density at radius 3 is 2.54 bits per heavy atom. The molecular formula is C26H36ClN3O4S. The number of amides is 3.